The summed E-state index contributed by atoms with van der Waals surface area (Å²) in [6.45, 7) is 3.13. The molecular formula is C20H30N4O3. The maximum Gasteiger partial charge on any atom is 0.317 e. The van der Waals surface area contributed by atoms with Crippen molar-refractivity contribution in [1.82, 2.24) is 15.2 Å². The van der Waals surface area contributed by atoms with Crippen molar-refractivity contribution in [3.8, 4) is 0 Å². The number of carboxylic acid groups (broad SMARTS) is 1. The quantitative estimate of drug-likeness (QED) is 0.599. The van der Waals surface area contributed by atoms with Crippen LogP contribution in [0.5, 0.6) is 0 Å². The highest BCUT2D eigenvalue weighted by atomic mass is 16.4. The minimum Gasteiger partial charge on any atom is -0.480 e. The summed E-state index contributed by atoms with van der Waals surface area (Å²) in [5.74, 6) is 0.368. The Morgan fingerprint density at radius 1 is 1.26 bits per heavy atom. The van der Waals surface area contributed by atoms with Gasteiger partial charge in [-0.2, -0.15) is 0 Å². The summed E-state index contributed by atoms with van der Waals surface area (Å²) in [6, 6.07) is 4.30. The van der Waals surface area contributed by atoms with Gasteiger partial charge in [-0.05, 0) is 69.7 Å². The molecule has 0 bridgehead atoms. The largest absolute Gasteiger partial charge is 0.480 e. The molecule has 3 N–H and O–H groups in total. The Morgan fingerprint density at radius 2 is 2.07 bits per heavy atom. The number of hydrogen-bond donors (Lipinski definition) is 3. The van der Waals surface area contributed by atoms with Crippen molar-refractivity contribution in [2.24, 2.45) is 5.92 Å². The van der Waals surface area contributed by atoms with Crippen LogP contribution in [0, 0.1) is 5.92 Å². The van der Waals surface area contributed by atoms with Crippen molar-refractivity contribution in [3.63, 3.8) is 0 Å². The summed E-state index contributed by atoms with van der Waals surface area (Å²) >= 11 is 0. The predicted molar refractivity (Wildman–Crippen MR) is 104 cm³/mol. The normalized spacial score (nSPS) is 17.8. The van der Waals surface area contributed by atoms with Crippen molar-refractivity contribution in [1.29, 1.82) is 0 Å². The lowest BCUT2D eigenvalue weighted by molar-refractivity contribution is -0.138. The first-order valence-corrected chi connectivity index (χ1v) is 10.1. The molecular weight excluding hydrogens is 344 g/mol. The number of anilines is 1. The highest BCUT2D eigenvalue weighted by Crippen LogP contribution is 2.20. The number of hydrogen-bond acceptors (Lipinski definition) is 5. The molecule has 0 atom stereocenters. The molecule has 2 aliphatic rings. The smallest absolute Gasteiger partial charge is 0.317 e. The fourth-order valence-corrected chi connectivity index (χ4v) is 3.84. The zero-order valence-corrected chi connectivity index (χ0v) is 15.9. The van der Waals surface area contributed by atoms with Gasteiger partial charge in [0, 0.05) is 24.7 Å². The summed E-state index contributed by atoms with van der Waals surface area (Å²) < 4.78 is 0. The Bertz CT molecular complexity index is 657. The molecule has 0 spiro atoms. The molecule has 148 valence electrons. The number of carboxylic acids is 1. The van der Waals surface area contributed by atoms with Gasteiger partial charge in [0.25, 0.3) is 0 Å². The van der Waals surface area contributed by atoms with E-state index in [0.29, 0.717) is 19.6 Å². The topological polar surface area (TPSA) is 94.6 Å². The lowest BCUT2D eigenvalue weighted by atomic mass is 9.96. The summed E-state index contributed by atoms with van der Waals surface area (Å²) in [7, 11) is 0. The van der Waals surface area contributed by atoms with Crippen LogP contribution in [-0.2, 0) is 22.4 Å². The molecule has 2 aliphatic heterocycles. The van der Waals surface area contributed by atoms with Crippen LogP contribution in [-0.4, -0.2) is 59.6 Å². The molecule has 27 heavy (non-hydrogen) atoms. The average Bonchev–Trinajstić information content (AvgIpc) is 2.67. The monoisotopic (exact) mass is 374 g/mol. The van der Waals surface area contributed by atoms with Crippen LogP contribution in [0.2, 0.25) is 0 Å². The molecule has 1 amide bonds. The number of aromatic nitrogens is 1. The molecule has 0 aliphatic carbocycles. The third-order valence-corrected chi connectivity index (χ3v) is 5.43. The van der Waals surface area contributed by atoms with Crippen LogP contribution < -0.4 is 10.6 Å². The molecule has 7 nitrogen and oxygen atoms in total. The standard InChI is InChI=1S/C20H30N4O3/c25-18(26)14-24-12-8-16(9-13-24)20(27)22-10-2-1-5-17-7-6-15-4-3-11-21-19(15)23-17/h6-7,16H,1-5,8-14H2,(H,21,23)(H,22,27)(H,25,26). The number of nitrogens with one attached hydrogen (secondary N) is 2. The molecule has 1 saturated heterocycles. The maximum atomic E-state index is 12.3. The van der Waals surface area contributed by atoms with Crippen LogP contribution in [0.1, 0.15) is 43.4 Å². The minimum absolute atomic E-state index is 0.0171. The molecule has 0 saturated carbocycles. The third-order valence-electron chi connectivity index (χ3n) is 5.43. The second kappa shape index (κ2) is 9.69. The number of unbranched alkanes of at least 4 members (excludes halogenated alkanes) is 1. The number of rotatable bonds is 8. The van der Waals surface area contributed by atoms with Crippen LogP contribution in [0.25, 0.3) is 0 Å². The van der Waals surface area contributed by atoms with E-state index in [1.165, 1.54) is 12.0 Å². The van der Waals surface area contributed by atoms with E-state index in [1.807, 2.05) is 4.90 Å². The number of likely N-dealkylation sites (tertiary alicyclic amines) is 1. The molecule has 7 heteroatoms. The first kappa shape index (κ1) is 19.6. The summed E-state index contributed by atoms with van der Waals surface area (Å²) in [6.07, 6.45) is 6.64. The Labute approximate surface area is 160 Å². The van der Waals surface area contributed by atoms with Crippen molar-refractivity contribution in [3.05, 3.63) is 23.4 Å². The fourth-order valence-electron chi connectivity index (χ4n) is 3.84. The Morgan fingerprint density at radius 3 is 2.85 bits per heavy atom. The average molecular weight is 374 g/mol. The predicted octanol–water partition coefficient (Wildman–Crippen LogP) is 1.68. The van der Waals surface area contributed by atoms with Crippen LogP contribution in [0.3, 0.4) is 0 Å². The van der Waals surface area contributed by atoms with Gasteiger partial charge in [-0.15, -0.1) is 0 Å². The van der Waals surface area contributed by atoms with Crippen molar-refractivity contribution < 1.29 is 14.7 Å². The van der Waals surface area contributed by atoms with E-state index in [0.717, 1.165) is 56.6 Å². The number of pyridine rings is 1. The zero-order chi connectivity index (χ0) is 19.1. The molecule has 1 aromatic rings. The Hall–Kier alpha value is -2.15. The molecule has 0 radical (unpaired) electrons. The lowest BCUT2D eigenvalue weighted by Gasteiger charge is -2.29. The molecule has 1 fully saturated rings. The van der Waals surface area contributed by atoms with Gasteiger partial charge in [0.2, 0.25) is 5.91 Å². The van der Waals surface area contributed by atoms with E-state index in [2.05, 4.69) is 22.8 Å². The minimum atomic E-state index is -0.804. The number of carbonyl (C=O) groups is 2. The van der Waals surface area contributed by atoms with E-state index in [4.69, 9.17) is 10.1 Å². The number of aliphatic carboxylic acids is 1. The van der Waals surface area contributed by atoms with Gasteiger partial charge in [0.15, 0.2) is 0 Å². The first-order valence-electron chi connectivity index (χ1n) is 10.1. The van der Waals surface area contributed by atoms with Crippen LogP contribution in [0.4, 0.5) is 5.82 Å². The van der Waals surface area contributed by atoms with Crippen LogP contribution in [0.15, 0.2) is 12.1 Å². The van der Waals surface area contributed by atoms with Gasteiger partial charge in [-0.1, -0.05) is 6.07 Å². The van der Waals surface area contributed by atoms with Gasteiger partial charge < -0.3 is 15.7 Å². The van der Waals surface area contributed by atoms with Crippen molar-refractivity contribution in [2.45, 2.75) is 44.9 Å². The second-order valence-corrected chi connectivity index (χ2v) is 7.53. The molecule has 0 unspecified atom stereocenters. The maximum absolute atomic E-state index is 12.3. The van der Waals surface area contributed by atoms with Gasteiger partial charge in [-0.25, -0.2) is 4.98 Å². The van der Waals surface area contributed by atoms with E-state index < -0.39 is 5.97 Å². The third kappa shape index (κ3) is 5.92. The number of nitrogens with zero attached hydrogens (tertiary/aromatic N) is 2. The van der Waals surface area contributed by atoms with Gasteiger partial charge >= 0.3 is 5.97 Å². The van der Waals surface area contributed by atoms with Gasteiger partial charge in [0.05, 0.1) is 6.54 Å². The number of amides is 1. The number of carbonyl (C=O) groups excluding carboxylic acids is 1. The van der Waals surface area contributed by atoms with Crippen molar-refractivity contribution in [2.75, 3.05) is 38.0 Å². The second-order valence-electron chi connectivity index (χ2n) is 7.53. The number of piperidine rings is 1. The van der Waals surface area contributed by atoms with E-state index in [9.17, 15) is 9.59 Å². The van der Waals surface area contributed by atoms with E-state index >= 15 is 0 Å². The Balaban J connectivity index is 1.30. The van der Waals surface area contributed by atoms with Crippen LogP contribution >= 0.6 is 0 Å². The SMILES string of the molecule is O=C(O)CN1CCC(C(=O)NCCCCc2ccc3c(n2)NCCC3)CC1. The molecule has 3 heterocycles. The van der Waals surface area contributed by atoms with Gasteiger partial charge in [0.1, 0.15) is 5.82 Å². The first-order chi connectivity index (χ1) is 13.1. The summed E-state index contributed by atoms with van der Waals surface area (Å²) in [4.78, 5) is 29.6. The lowest BCUT2D eigenvalue weighted by Crippen LogP contribution is -2.42. The number of fused-ring (bicyclic) bond motifs is 1. The number of aryl methyl sites for hydroxylation is 2. The molecule has 3 rings (SSSR count). The van der Waals surface area contributed by atoms with E-state index in [-0.39, 0.29) is 18.4 Å². The zero-order valence-electron chi connectivity index (χ0n) is 15.9. The summed E-state index contributed by atoms with van der Waals surface area (Å²) in [5.41, 5.74) is 2.42. The highest BCUT2D eigenvalue weighted by Gasteiger charge is 2.25. The van der Waals surface area contributed by atoms with Crippen molar-refractivity contribution >= 4 is 17.7 Å². The summed E-state index contributed by atoms with van der Waals surface area (Å²) in [5, 5.41) is 15.2. The van der Waals surface area contributed by atoms with E-state index in [1.54, 1.807) is 0 Å². The fraction of sp³-hybridized carbons (Fsp3) is 0.650. The molecule has 0 aromatic carbocycles. The Kier molecular flexibility index (Phi) is 7.04. The highest BCUT2D eigenvalue weighted by molar-refractivity contribution is 5.78. The molecule has 1 aromatic heterocycles. The van der Waals surface area contributed by atoms with Gasteiger partial charge in [-0.3, -0.25) is 14.5 Å².